The predicted molar refractivity (Wildman–Crippen MR) is 89.6 cm³/mol. The van der Waals surface area contributed by atoms with Gasteiger partial charge in [-0.25, -0.2) is 0 Å². The van der Waals surface area contributed by atoms with Gasteiger partial charge in [-0.15, -0.1) is 0 Å². The van der Waals surface area contributed by atoms with E-state index >= 15 is 0 Å². The Bertz CT molecular complexity index is 650. The molecule has 0 aliphatic carbocycles. The highest BCUT2D eigenvalue weighted by molar-refractivity contribution is 5.94. The third-order valence-electron chi connectivity index (χ3n) is 4.71. The van der Waals surface area contributed by atoms with Gasteiger partial charge in [-0.05, 0) is 76.4 Å². The van der Waals surface area contributed by atoms with E-state index in [0.717, 1.165) is 30.6 Å². The van der Waals surface area contributed by atoms with E-state index in [0.29, 0.717) is 6.04 Å². The first kappa shape index (κ1) is 14.9. The molecule has 0 N–H and O–H groups in total. The molecule has 1 aliphatic rings. The molecular formula is C19H24N2O. The lowest BCUT2D eigenvalue weighted by molar-refractivity contribution is 0.0635. The molecule has 0 radical (unpaired) electrons. The van der Waals surface area contributed by atoms with E-state index in [1.54, 1.807) is 0 Å². The fraction of sp³-hybridized carbons (Fsp3) is 0.421. The number of carbonyl (C=O) groups is 1. The van der Waals surface area contributed by atoms with Crippen molar-refractivity contribution in [3.63, 3.8) is 0 Å². The van der Waals surface area contributed by atoms with Gasteiger partial charge in [0.25, 0.3) is 5.91 Å². The highest BCUT2D eigenvalue weighted by Crippen LogP contribution is 2.21. The van der Waals surface area contributed by atoms with Crippen LogP contribution < -0.4 is 0 Å². The smallest absolute Gasteiger partial charge is 0.254 e. The lowest BCUT2D eigenvalue weighted by atomic mass is 10.0. The molecule has 1 saturated heterocycles. The molecule has 3 heteroatoms. The zero-order chi connectivity index (χ0) is 15.7. The van der Waals surface area contributed by atoms with Gasteiger partial charge in [0.1, 0.15) is 0 Å². The number of nitrogens with zero attached hydrogens (tertiary/aromatic N) is 2. The summed E-state index contributed by atoms with van der Waals surface area (Å²) in [5, 5.41) is 0. The molecule has 3 rings (SSSR count). The molecule has 0 bridgehead atoms. The van der Waals surface area contributed by atoms with Gasteiger partial charge in [0.15, 0.2) is 0 Å². The van der Waals surface area contributed by atoms with Crippen LogP contribution in [0.1, 0.15) is 47.9 Å². The molecule has 2 heterocycles. The van der Waals surface area contributed by atoms with Crippen molar-refractivity contribution in [2.75, 3.05) is 6.54 Å². The minimum absolute atomic E-state index is 0.166. The standard InChI is InChI=1S/C19H24N2O/c1-14-6-4-5-13-20(14)19(22)17-9-11-18(12-10-17)21-15(2)7-8-16(21)3/h7-12,14H,4-6,13H2,1-3H3/t14-/m1/s1. The average Bonchev–Trinajstić information content (AvgIpc) is 2.86. The van der Waals surface area contributed by atoms with Crippen LogP contribution in [0.25, 0.3) is 5.69 Å². The van der Waals surface area contributed by atoms with E-state index in [2.05, 4.69) is 37.5 Å². The molecule has 2 aromatic rings. The monoisotopic (exact) mass is 296 g/mol. The van der Waals surface area contributed by atoms with E-state index < -0.39 is 0 Å². The van der Waals surface area contributed by atoms with Crippen LogP contribution in [-0.4, -0.2) is 28.0 Å². The number of rotatable bonds is 2. The molecule has 116 valence electrons. The van der Waals surface area contributed by atoms with Crippen LogP contribution in [0, 0.1) is 13.8 Å². The lowest BCUT2D eigenvalue weighted by Gasteiger charge is -2.33. The Morgan fingerprint density at radius 1 is 1.00 bits per heavy atom. The first-order valence-electron chi connectivity index (χ1n) is 8.14. The van der Waals surface area contributed by atoms with Crippen LogP contribution in [0.5, 0.6) is 0 Å². The summed E-state index contributed by atoms with van der Waals surface area (Å²) < 4.78 is 2.21. The van der Waals surface area contributed by atoms with Crippen molar-refractivity contribution in [3.8, 4) is 5.69 Å². The molecule has 0 spiro atoms. The first-order valence-corrected chi connectivity index (χ1v) is 8.14. The van der Waals surface area contributed by atoms with Gasteiger partial charge >= 0.3 is 0 Å². The summed E-state index contributed by atoms with van der Waals surface area (Å²) in [6, 6.07) is 12.6. The summed E-state index contributed by atoms with van der Waals surface area (Å²) in [7, 11) is 0. The second kappa shape index (κ2) is 5.99. The summed E-state index contributed by atoms with van der Waals surface area (Å²) in [5.41, 5.74) is 4.32. The molecule has 1 fully saturated rings. The van der Waals surface area contributed by atoms with Crippen LogP contribution in [0.4, 0.5) is 0 Å². The van der Waals surface area contributed by atoms with E-state index in [4.69, 9.17) is 0 Å². The Balaban J connectivity index is 1.84. The number of likely N-dealkylation sites (tertiary alicyclic amines) is 1. The lowest BCUT2D eigenvalue weighted by Crippen LogP contribution is -2.42. The summed E-state index contributed by atoms with van der Waals surface area (Å²) in [4.78, 5) is 14.7. The highest BCUT2D eigenvalue weighted by atomic mass is 16.2. The largest absolute Gasteiger partial charge is 0.336 e. The molecular weight excluding hydrogens is 272 g/mol. The van der Waals surface area contributed by atoms with Gasteiger partial charge in [-0.3, -0.25) is 4.79 Å². The minimum Gasteiger partial charge on any atom is -0.336 e. The molecule has 1 amide bonds. The Morgan fingerprint density at radius 3 is 2.23 bits per heavy atom. The average molecular weight is 296 g/mol. The fourth-order valence-corrected chi connectivity index (χ4v) is 3.39. The van der Waals surface area contributed by atoms with Crippen molar-refractivity contribution in [1.29, 1.82) is 0 Å². The molecule has 1 aromatic heterocycles. The number of aromatic nitrogens is 1. The number of aryl methyl sites for hydroxylation is 2. The third-order valence-corrected chi connectivity index (χ3v) is 4.71. The van der Waals surface area contributed by atoms with Crippen LogP contribution in [0.2, 0.25) is 0 Å². The Hall–Kier alpha value is -2.03. The summed E-state index contributed by atoms with van der Waals surface area (Å²) >= 11 is 0. The van der Waals surface area contributed by atoms with Gasteiger partial charge in [-0.1, -0.05) is 0 Å². The molecule has 1 atom stereocenters. The van der Waals surface area contributed by atoms with E-state index in [-0.39, 0.29) is 5.91 Å². The van der Waals surface area contributed by atoms with Crippen molar-refractivity contribution in [2.45, 2.75) is 46.1 Å². The number of benzene rings is 1. The SMILES string of the molecule is Cc1ccc(C)n1-c1ccc(C(=O)N2CCCC[C@H]2C)cc1. The normalized spacial score (nSPS) is 18.5. The van der Waals surface area contributed by atoms with Crippen LogP contribution in [-0.2, 0) is 0 Å². The maximum Gasteiger partial charge on any atom is 0.254 e. The van der Waals surface area contributed by atoms with Gasteiger partial charge in [-0.2, -0.15) is 0 Å². The fourth-order valence-electron chi connectivity index (χ4n) is 3.39. The van der Waals surface area contributed by atoms with Gasteiger partial charge in [0, 0.05) is 35.2 Å². The van der Waals surface area contributed by atoms with Gasteiger partial charge < -0.3 is 9.47 Å². The summed E-state index contributed by atoms with van der Waals surface area (Å²) in [6.45, 7) is 7.23. The summed E-state index contributed by atoms with van der Waals surface area (Å²) in [6.07, 6.45) is 3.47. The van der Waals surface area contributed by atoms with Gasteiger partial charge in [0.2, 0.25) is 0 Å². The molecule has 22 heavy (non-hydrogen) atoms. The van der Waals surface area contributed by atoms with Crippen LogP contribution in [0.15, 0.2) is 36.4 Å². The molecule has 0 unspecified atom stereocenters. The van der Waals surface area contributed by atoms with Crippen molar-refractivity contribution in [1.82, 2.24) is 9.47 Å². The summed E-state index contributed by atoms with van der Waals surface area (Å²) in [5.74, 6) is 0.166. The number of hydrogen-bond acceptors (Lipinski definition) is 1. The van der Waals surface area contributed by atoms with Crippen molar-refractivity contribution in [3.05, 3.63) is 53.3 Å². The van der Waals surface area contributed by atoms with Crippen LogP contribution >= 0.6 is 0 Å². The quantitative estimate of drug-likeness (QED) is 0.818. The molecule has 1 aromatic carbocycles. The Labute approximate surface area is 132 Å². The predicted octanol–water partition coefficient (Wildman–Crippen LogP) is 4.11. The van der Waals surface area contributed by atoms with E-state index in [9.17, 15) is 4.79 Å². The van der Waals surface area contributed by atoms with Gasteiger partial charge in [0.05, 0.1) is 0 Å². The Kier molecular flexibility index (Phi) is 4.06. The van der Waals surface area contributed by atoms with Crippen molar-refractivity contribution in [2.24, 2.45) is 0 Å². The topological polar surface area (TPSA) is 25.2 Å². The maximum absolute atomic E-state index is 12.7. The maximum atomic E-state index is 12.7. The van der Waals surface area contributed by atoms with Crippen molar-refractivity contribution >= 4 is 5.91 Å². The third kappa shape index (κ3) is 2.68. The number of hydrogen-bond donors (Lipinski definition) is 0. The zero-order valence-corrected chi connectivity index (χ0v) is 13.7. The molecule has 3 nitrogen and oxygen atoms in total. The second-order valence-corrected chi connectivity index (χ2v) is 6.34. The number of amides is 1. The second-order valence-electron chi connectivity index (χ2n) is 6.34. The van der Waals surface area contributed by atoms with Crippen molar-refractivity contribution < 1.29 is 4.79 Å². The zero-order valence-electron chi connectivity index (χ0n) is 13.7. The van der Waals surface area contributed by atoms with E-state index in [1.807, 2.05) is 29.2 Å². The Morgan fingerprint density at radius 2 is 1.64 bits per heavy atom. The van der Waals surface area contributed by atoms with E-state index in [1.165, 1.54) is 17.8 Å². The van der Waals surface area contributed by atoms with Crippen LogP contribution in [0.3, 0.4) is 0 Å². The molecule has 1 aliphatic heterocycles. The number of carbonyl (C=O) groups excluding carboxylic acids is 1. The number of piperidine rings is 1. The highest BCUT2D eigenvalue weighted by Gasteiger charge is 2.24. The minimum atomic E-state index is 0.166. The molecule has 0 saturated carbocycles. The first-order chi connectivity index (χ1) is 10.6.